The molecule has 2 heterocycles. The van der Waals surface area contributed by atoms with Crippen LogP contribution in [0.1, 0.15) is 52.6 Å². The van der Waals surface area contributed by atoms with E-state index < -0.39 is 50.8 Å². The van der Waals surface area contributed by atoms with Gasteiger partial charge in [-0.2, -0.15) is 0 Å². The maximum absolute atomic E-state index is 13.8. The van der Waals surface area contributed by atoms with E-state index in [4.69, 9.17) is 18.6 Å². The molecule has 0 saturated carbocycles. The number of amides is 2. The van der Waals surface area contributed by atoms with Gasteiger partial charge in [-0.15, -0.1) is 0 Å². The Morgan fingerprint density at radius 1 is 0.814 bits per heavy atom. The van der Waals surface area contributed by atoms with Gasteiger partial charge in [0.2, 0.25) is 0 Å². The van der Waals surface area contributed by atoms with E-state index in [1.54, 1.807) is 24.3 Å². The molecular formula is C34H41NO7Si. The summed E-state index contributed by atoms with van der Waals surface area (Å²) in [6, 6.07) is 25.0. The standard InChI is InChI=1S/C34H41NO7Si/c1-34(2,3)43(4,5)42-33-28(35-31(37)25-18-12-13-19-26(25)32(35)38)30(40-21-24-16-10-7-11-17-24)29(36)27(41-33)22-39-20-23-14-8-6-9-15-23/h6-19,27-30,33,36H,20-22H2,1-5H3/t27-,28-,29-,30-,33+/m1/s1. The van der Waals surface area contributed by atoms with Crippen LogP contribution in [0.3, 0.4) is 0 Å². The van der Waals surface area contributed by atoms with Gasteiger partial charge in [0.15, 0.2) is 14.6 Å². The molecule has 3 aromatic rings. The Hall–Kier alpha value is -3.18. The summed E-state index contributed by atoms with van der Waals surface area (Å²) in [7, 11) is -2.51. The summed E-state index contributed by atoms with van der Waals surface area (Å²) in [6.45, 7) is 11.1. The first-order valence-electron chi connectivity index (χ1n) is 14.7. The second-order valence-corrected chi connectivity index (χ2v) is 17.4. The van der Waals surface area contributed by atoms with Crippen molar-refractivity contribution in [3.8, 4) is 0 Å². The predicted octanol–water partition coefficient (Wildman–Crippen LogP) is 5.56. The molecule has 2 aliphatic heterocycles. The molecular weight excluding hydrogens is 562 g/mol. The van der Waals surface area contributed by atoms with Crippen molar-refractivity contribution in [2.24, 2.45) is 0 Å². The molecule has 1 fully saturated rings. The number of benzene rings is 3. The van der Waals surface area contributed by atoms with Crippen LogP contribution in [0.25, 0.3) is 0 Å². The highest BCUT2D eigenvalue weighted by Crippen LogP contribution is 2.41. The first kappa shape index (κ1) is 31.2. The smallest absolute Gasteiger partial charge is 0.262 e. The Labute approximate surface area is 254 Å². The maximum Gasteiger partial charge on any atom is 0.262 e. The summed E-state index contributed by atoms with van der Waals surface area (Å²) in [5.41, 5.74) is 2.50. The van der Waals surface area contributed by atoms with Gasteiger partial charge in [0, 0.05) is 0 Å². The predicted molar refractivity (Wildman–Crippen MR) is 165 cm³/mol. The molecule has 5 rings (SSSR count). The highest BCUT2D eigenvalue weighted by molar-refractivity contribution is 6.74. The highest BCUT2D eigenvalue weighted by atomic mass is 28.4. The van der Waals surface area contributed by atoms with E-state index in [0.717, 1.165) is 11.1 Å². The normalized spacial score (nSPS) is 24.3. The lowest BCUT2D eigenvalue weighted by molar-refractivity contribution is -0.271. The second kappa shape index (κ2) is 12.8. The molecule has 0 spiro atoms. The van der Waals surface area contributed by atoms with Crippen molar-refractivity contribution in [3.63, 3.8) is 0 Å². The van der Waals surface area contributed by atoms with Crippen LogP contribution < -0.4 is 0 Å². The van der Waals surface area contributed by atoms with Crippen molar-refractivity contribution in [1.82, 2.24) is 4.90 Å². The number of rotatable bonds is 10. The second-order valence-electron chi connectivity index (χ2n) is 12.7. The fourth-order valence-electron chi connectivity index (χ4n) is 5.18. The molecule has 0 aliphatic carbocycles. The average molecular weight is 604 g/mol. The minimum atomic E-state index is -2.51. The van der Waals surface area contributed by atoms with E-state index in [1.807, 2.05) is 60.7 Å². The number of aliphatic hydroxyl groups excluding tert-OH is 1. The van der Waals surface area contributed by atoms with Crippen molar-refractivity contribution in [2.75, 3.05) is 6.61 Å². The zero-order valence-electron chi connectivity index (χ0n) is 25.4. The SMILES string of the molecule is CC(C)(C)[Si](C)(C)O[C@@H]1O[C@H](COCc2ccccc2)[C@@H](O)[C@H](OCc2ccccc2)[C@H]1N1C(=O)c2ccccc2C1=O. The Bertz CT molecular complexity index is 1370. The van der Waals surface area contributed by atoms with Crippen molar-refractivity contribution in [2.45, 2.75) is 82.8 Å². The third-order valence-electron chi connectivity index (χ3n) is 8.66. The number of imide groups is 1. The van der Waals surface area contributed by atoms with Gasteiger partial charge >= 0.3 is 0 Å². The number of ether oxygens (including phenoxy) is 3. The van der Waals surface area contributed by atoms with E-state index in [2.05, 4.69) is 33.9 Å². The number of aliphatic hydroxyl groups is 1. The lowest BCUT2D eigenvalue weighted by Gasteiger charge is -2.50. The first-order chi connectivity index (χ1) is 20.5. The van der Waals surface area contributed by atoms with Crippen molar-refractivity contribution in [3.05, 3.63) is 107 Å². The zero-order valence-corrected chi connectivity index (χ0v) is 26.4. The quantitative estimate of drug-likeness (QED) is 0.240. The summed E-state index contributed by atoms with van der Waals surface area (Å²) >= 11 is 0. The Morgan fingerprint density at radius 3 is 1.86 bits per heavy atom. The van der Waals surface area contributed by atoms with Crippen LogP contribution >= 0.6 is 0 Å². The van der Waals surface area contributed by atoms with Gasteiger partial charge in [-0.3, -0.25) is 14.5 Å². The number of nitrogens with zero attached hydrogens (tertiary/aromatic N) is 1. The van der Waals surface area contributed by atoms with Crippen LogP contribution in [-0.4, -0.2) is 67.4 Å². The van der Waals surface area contributed by atoms with Gasteiger partial charge in [0.25, 0.3) is 11.8 Å². The van der Waals surface area contributed by atoms with Crippen LogP contribution in [0.2, 0.25) is 18.1 Å². The fraction of sp³-hybridized carbons (Fsp3) is 0.412. The number of fused-ring (bicyclic) bond motifs is 1. The molecule has 0 radical (unpaired) electrons. The van der Waals surface area contributed by atoms with E-state index in [-0.39, 0.29) is 18.3 Å². The van der Waals surface area contributed by atoms with Crippen LogP contribution in [0, 0.1) is 0 Å². The molecule has 2 amide bonds. The minimum Gasteiger partial charge on any atom is -0.391 e. The van der Waals surface area contributed by atoms with Gasteiger partial charge in [-0.25, -0.2) is 0 Å². The van der Waals surface area contributed by atoms with E-state index in [0.29, 0.717) is 17.7 Å². The van der Waals surface area contributed by atoms with Crippen molar-refractivity contribution >= 4 is 20.1 Å². The Morgan fingerprint density at radius 2 is 1.33 bits per heavy atom. The largest absolute Gasteiger partial charge is 0.391 e. The number of carbonyl (C=O) groups is 2. The Kier molecular flexibility index (Phi) is 9.31. The molecule has 1 saturated heterocycles. The molecule has 0 unspecified atom stereocenters. The maximum atomic E-state index is 13.8. The topological polar surface area (TPSA) is 94.5 Å². The lowest BCUT2D eigenvalue weighted by atomic mass is 9.95. The summed E-state index contributed by atoms with van der Waals surface area (Å²) in [5.74, 6) is -0.922. The average Bonchev–Trinajstić information content (AvgIpc) is 3.23. The van der Waals surface area contributed by atoms with Gasteiger partial charge in [-0.05, 0) is 41.4 Å². The molecule has 0 aromatic heterocycles. The van der Waals surface area contributed by atoms with Gasteiger partial charge < -0.3 is 23.7 Å². The van der Waals surface area contributed by atoms with E-state index >= 15 is 0 Å². The van der Waals surface area contributed by atoms with Gasteiger partial charge in [0.05, 0.1) is 30.9 Å². The molecule has 228 valence electrons. The van der Waals surface area contributed by atoms with Gasteiger partial charge in [-0.1, -0.05) is 93.6 Å². The molecule has 43 heavy (non-hydrogen) atoms. The van der Waals surface area contributed by atoms with Crippen molar-refractivity contribution in [1.29, 1.82) is 0 Å². The zero-order chi connectivity index (χ0) is 30.8. The summed E-state index contributed by atoms with van der Waals surface area (Å²) in [4.78, 5) is 28.8. The molecule has 2 aliphatic rings. The minimum absolute atomic E-state index is 0.0630. The van der Waals surface area contributed by atoms with Gasteiger partial charge in [0.1, 0.15) is 24.4 Å². The molecule has 0 bridgehead atoms. The third kappa shape index (κ3) is 6.67. The number of hydrogen-bond donors (Lipinski definition) is 1. The lowest BCUT2D eigenvalue weighted by Crippen LogP contribution is -2.68. The monoisotopic (exact) mass is 603 g/mol. The van der Waals surface area contributed by atoms with E-state index in [1.165, 1.54) is 4.90 Å². The molecule has 1 N–H and O–H groups in total. The third-order valence-corrected chi connectivity index (χ3v) is 13.1. The molecule has 5 atom stereocenters. The molecule has 8 nitrogen and oxygen atoms in total. The summed E-state index contributed by atoms with van der Waals surface area (Å²) < 4.78 is 25.7. The summed E-state index contributed by atoms with van der Waals surface area (Å²) in [5, 5.41) is 11.6. The Balaban J connectivity index is 1.50. The van der Waals surface area contributed by atoms with Crippen LogP contribution in [0.5, 0.6) is 0 Å². The van der Waals surface area contributed by atoms with E-state index in [9.17, 15) is 14.7 Å². The van der Waals surface area contributed by atoms with Crippen molar-refractivity contribution < 1.29 is 33.3 Å². The first-order valence-corrected chi connectivity index (χ1v) is 17.6. The van der Waals surface area contributed by atoms with Crippen LogP contribution in [0.15, 0.2) is 84.9 Å². The number of hydrogen-bond acceptors (Lipinski definition) is 7. The van der Waals surface area contributed by atoms with Crippen LogP contribution in [-0.2, 0) is 31.9 Å². The highest BCUT2D eigenvalue weighted by Gasteiger charge is 2.56. The molecule has 9 heteroatoms. The molecule has 3 aromatic carbocycles. The summed E-state index contributed by atoms with van der Waals surface area (Å²) in [6.07, 6.45) is -4.09. The number of carbonyl (C=O) groups excluding carboxylic acids is 2. The fourth-order valence-corrected chi connectivity index (χ4v) is 6.31. The van der Waals surface area contributed by atoms with Crippen LogP contribution in [0.4, 0.5) is 0 Å².